The first kappa shape index (κ1) is 22.1. The van der Waals surface area contributed by atoms with E-state index in [1.54, 1.807) is 67.6 Å². The molecule has 0 aromatic heterocycles. The maximum absolute atomic E-state index is 13.6. The Morgan fingerprint density at radius 3 is 1.91 bits per heavy atom. The average molecular weight is 421 g/mol. The van der Waals surface area contributed by atoms with Gasteiger partial charge in [0.15, 0.2) is 10.8 Å². The zero-order chi connectivity index (χ0) is 23.4. The highest BCUT2D eigenvalue weighted by molar-refractivity contribution is 5.86. The van der Waals surface area contributed by atoms with E-state index in [1.807, 2.05) is 18.2 Å². The maximum atomic E-state index is 13.6. The van der Waals surface area contributed by atoms with E-state index in [0.717, 1.165) is 0 Å². The molecule has 0 spiro atoms. The Labute approximate surface area is 186 Å². The molecule has 0 bridgehead atoms. The number of nitrogens with two attached hydrogens (primary N) is 1. The largest absolute Gasteiger partial charge is 0.465 e. The maximum Gasteiger partial charge on any atom is 0.328 e. The second-order valence-electron chi connectivity index (χ2n) is 7.36. The Kier molecular flexibility index (Phi) is 5.97. The standard InChI is InChI=1S/C25H19N5O2/c1-2-32-23(31)25(16-29)20(17-9-5-3-6-10-17)19(13-26)22(30)24(14-27,15-28)21(25)18-11-7-4-8-12-18/h3-12,20-21H,2,30H2,1H3/t20-,21+,25+/m0/s1. The Bertz CT molecular complexity index is 1210. The molecular formula is C25H19N5O2. The number of nitrogens with zero attached hydrogens (tertiary/aromatic N) is 4. The zero-order valence-electron chi connectivity index (χ0n) is 17.3. The predicted molar refractivity (Wildman–Crippen MR) is 114 cm³/mol. The number of carbonyl (C=O) groups is 1. The molecule has 7 nitrogen and oxygen atoms in total. The van der Waals surface area contributed by atoms with Crippen molar-refractivity contribution in [2.45, 2.75) is 18.8 Å². The zero-order valence-corrected chi connectivity index (χ0v) is 17.3. The number of benzene rings is 2. The van der Waals surface area contributed by atoms with Crippen molar-refractivity contribution in [3.8, 4) is 24.3 Å². The van der Waals surface area contributed by atoms with E-state index in [-0.39, 0.29) is 17.9 Å². The first-order valence-corrected chi connectivity index (χ1v) is 9.89. The van der Waals surface area contributed by atoms with Gasteiger partial charge in [0.2, 0.25) is 0 Å². The van der Waals surface area contributed by atoms with Gasteiger partial charge in [0.25, 0.3) is 0 Å². The number of nitriles is 4. The van der Waals surface area contributed by atoms with Crippen LogP contribution < -0.4 is 5.73 Å². The van der Waals surface area contributed by atoms with Crippen LogP contribution in [0.25, 0.3) is 0 Å². The number of carbonyl (C=O) groups excluding carboxylic acids is 1. The first-order valence-electron chi connectivity index (χ1n) is 9.89. The molecule has 2 N–H and O–H groups in total. The molecule has 32 heavy (non-hydrogen) atoms. The fraction of sp³-hybridized carbons (Fsp3) is 0.240. The van der Waals surface area contributed by atoms with Crippen molar-refractivity contribution >= 4 is 5.97 Å². The molecule has 3 atom stereocenters. The molecule has 0 saturated heterocycles. The van der Waals surface area contributed by atoms with Gasteiger partial charge in [-0.15, -0.1) is 0 Å². The van der Waals surface area contributed by atoms with Gasteiger partial charge in [-0.1, -0.05) is 60.7 Å². The summed E-state index contributed by atoms with van der Waals surface area (Å²) in [5.74, 6) is -3.37. The minimum absolute atomic E-state index is 0.0293. The number of ether oxygens (including phenoxy) is 1. The number of esters is 1. The molecule has 0 radical (unpaired) electrons. The van der Waals surface area contributed by atoms with Crippen LogP contribution in [0, 0.1) is 56.2 Å². The molecular weight excluding hydrogens is 402 g/mol. The summed E-state index contributed by atoms with van der Waals surface area (Å²) in [6.45, 7) is 1.57. The van der Waals surface area contributed by atoms with E-state index in [0.29, 0.717) is 11.1 Å². The van der Waals surface area contributed by atoms with Crippen molar-refractivity contribution in [1.82, 2.24) is 0 Å². The van der Waals surface area contributed by atoms with Crippen molar-refractivity contribution < 1.29 is 9.53 Å². The third-order valence-corrected chi connectivity index (χ3v) is 5.88. The van der Waals surface area contributed by atoms with Gasteiger partial charge in [0.1, 0.15) is 0 Å². The lowest BCUT2D eigenvalue weighted by Crippen LogP contribution is -2.54. The van der Waals surface area contributed by atoms with E-state index in [1.165, 1.54) is 0 Å². The number of rotatable bonds is 4. The third kappa shape index (κ3) is 2.97. The normalized spacial score (nSPS) is 23.7. The summed E-state index contributed by atoms with van der Waals surface area (Å²) in [6.07, 6.45) is 0. The van der Waals surface area contributed by atoms with Crippen LogP contribution in [0.15, 0.2) is 71.9 Å². The van der Waals surface area contributed by atoms with Crippen molar-refractivity contribution in [3.63, 3.8) is 0 Å². The smallest absolute Gasteiger partial charge is 0.328 e. The van der Waals surface area contributed by atoms with Gasteiger partial charge in [0.05, 0.1) is 54.0 Å². The van der Waals surface area contributed by atoms with Crippen LogP contribution in [-0.4, -0.2) is 12.6 Å². The van der Waals surface area contributed by atoms with Gasteiger partial charge < -0.3 is 10.5 Å². The van der Waals surface area contributed by atoms with Crippen molar-refractivity contribution in [2.24, 2.45) is 16.6 Å². The molecule has 1 aliphatic carbocycles. The minimum atomic E-state index is -2.14. The van der Waals surface area contributed by atoms with Crippen LogP contribution in [0.1, 0.15) is 29.9 Å². The van der Waals surface area contributed by atoms with Gasteiger partial charge in [-0.05, 0) is 18.1 Å². The van der Waals surface area contributed by atoms with Crippen LogP contribution in [0.5, 0.6) is 0 Å². The quantitative estimate of drug-likeness (QED) is 0.744. The Morgan fingerprint density at radius 1 is 0.938 bits per heavy atom. The van der Waals surface area contributed by atoms with E-state index >= 15 is 0 Å². The van der Waals surface area contributed by atoms with Crippen molar-refractivity contribution in [2.75, 3.05) is 6.61 Å². The van der Waals surface area contributed by atoms with E-state index < -0.39 is 28.6 Å². The van der Waals surface area contributed by atoms with E-state index in [2.05, 4.69) is 6.07 Å². The SMILES string of the molecule is CCOC(=O)[C@]1(C#N)[C@@H](c2ccccc2)C(C#N)=C(N)C(C#N)(C#N)[C@H]1c1ccccc1. The predicted octanol–water partition coefficient (Wildman–Crippen LogP) is 3.41. The number of allylic oxidation sites excluding steroid dienone is 2. The summed E-state index contributed by atoms with van der Waals surface area (Å²) in [6, 6.07) is 24.8. The fourth-order valence-electron chi connectivity index (χ4n) is 4.55. The molecule has 0 amide bonds. The summed E-state index contributed by atoms with van der Waals surface area (Å²) in [7, 11) is 0. The van der Waals surface area contributed by atoms with Gasteiger partial charge in [-0.3, -0.25) is 4.79 Å². The van der Waals surface area contributed by atoms with Crippen LogP contribution in [0.2, 0.25) is 0 Å². The molecule has 0 saturated carbocycles. The lowest BCUT2D eigenvalue weighted by atomic mass is 9.48. The van der Waals surface area contributed by atoms with Crippen LogP contribution in [0.4, 0.5) is 0 Å². The lowest BCUT2D eigenvalue weighted by Gasteiger charge is -2.48. The summed E-state index contributed by atoms with van der Waals surface area (Å²) < 4.78 is 5.34. The molecule has 0 aliphatic heterocycles. The average Bonchev–Trinajstić information content (AvgIpc) is 2.84. The second kappa shape index (κ2) is 8.65. The number of hydrogen-bond donors (Lipinski definition) is 1. The van der Waals surface area contributed by atoms with Gasteiger partial charge in [0, 0.05) is 0 Å². The van der Waals surface area contributed by atoms with E-state index in [9.17, 15) is 25.8 Å². The second-order valence-corrected chi connectivity index (χ2v) is 7.36. The minimum Gasteiger partial charge on any atom is -0.465 e. The van der Waals surface area contributed by atoms with Crippen LogP contribution >= 0.6 is 0 Å². The highest BCUT2D eigenvalue weighted by atomic mass is 16.5. The van der Waals surface area contributed by atoms with Gasteiger partial charge in [-0.25, -0.2) is 0 Å². The van der Waals surface area contributed by atoms with Crippen molar-refractivity contribution in [1.29, 1.82) is 21.0 Å². The van der Waals surface area contributed by atoms with Gasteiger partial charge >= 0.3 is 5.97 Å². The molecule has 0 fully saturated rings. The first-order chi connectivity index (χ1) is 15.5. The number of hydrogen-bond acceptors (Lipinski definition) is 7. The topological polar surface area (TPSA) is 147 Å². The van der Waals surface area contributed by atoms with Gasteiger partial charge in [-0.2, -0.15) is 21.0 Å². The molecule has 0 heterocycles. The molecule has 2 aromatic carbocycles. The summed E-state index contributed by atoms with van der Waals surface area (Å²) in [5, 5.41) is 41.0. The summed E-state index contributed by atoms with van der Waals surface area (Å²) in [4.78, 5) is 13.6. The summed E-state index contributed by atoms with van der Waals surface area (Å²) >= 11 is 0. The molecule has 156 valence electrons. The molecule has 3 rings (SSSR count). The molecule has 2 aromatic rings. The highest BCUT2D eigenvalue weighted by Crippen LogP contribution is 2.63. The van der Waals surface area contributed by atoms with Crippen LogP contribution in [-0.2, 0) is 9.53 Å². The Balaban J connectivity index is 2.58. The molecule has 0 unspecified atom stereocenters. The monoisotopic (exact) mass is 421 g/mol. The van der Waals surface area contributed by atoms with E-state index in [4.69, 9.17) is 10.5 Å². The Morgan fingerprint density at radius 2 is 1.47 bits per heavy atom. The highest BCUT2D eigenvalue weighted by Gasteiger charge is 2.68. The lowest BCUT2D eigenvalue weighted by molar-refractivity contribution is -0.155. The van der Waals surface area contributed by atoms with Crippen molar-refractivity contribution in [3.05, 3.63) is 83.1 Å². The van der Waals surface area contributed by atoms with Crippen LogP contribution in [0.3, 0.4) is 0 Å². The fourth-order valence-corrected chi connectivity index (χ4v) is 4.55. The molecule has 7 heteroatoms. The Hall–Kier alpha value is -4.59. The third-order valence-electron chi connectivity index (χ3n) is 5.88. The summed E-state index contributed by atoms with van der Waals surface area (Å²) in [5.41, 5.74) is 2.55. The molecule has 1 aliphatic rings.